The molecule has 0 fully saturated rings. The van der Waals surface area contributed by atoms with Gasteiger partial charge < -0.3 is 14.2 Å². The quantitative estimate of drug-likeness (QED) is 0.446. The lowest BCUT2D eigenvalue weighted by Gasteiger charge is -2.10. The summed E-state index contributed by atoms with van der Waals surface area (Å²) in [5.74, 6) is 1.37. The van der Waals surface area contributed by atoms with Crippen molar-refractivity contribution >= 4 is 17.6 Å². The van der Waals surface area contributed by atoms with Crippen LogP contribution in [0.15, 0.2) is 72.8 Å². The second-order valence-electron chi connectivity index (χ2n) is 5.48. The van der Waals surface area contributed by atoms with Crippen LogP contribution >= 0.6 is 11.6 Å². The van der Waals surface area contributed by atoms with E-state index in [1.165, 1.54) is 0 Å². The molecule has 0 aliphatic heterocycles. The van der Waals surface area contributed by atoms with Crippen molar-refractivity contribution in [1.29, 1.82) is 0 Å². The number of carbonyl (C=O) groups excluding carboxylic acids is 1. The molecule has 4 nitrogen and oxygen atoms in total. The lowest BCUT2D eigenvalue weighted by molar-refractivity contribution is 0.0734. The topological polar surface area (TPSA) is 44.8 Å². The minimum atomic E-state index is -0.426. The van der Waals surface area contributed by atoms with Gasteiger partial charge in [-0.05, 0) is 54.1 Å². The van der Waals surface area contributed by atoms with E-state index in [0.717, 1.165) is 5.56 Å². The van der Waals surface area contributed by atoms with Crippen LogP contribution in [0.2, 0.25) is 5.02 Å². The highest BCUT2D eigenvalue weighted by atomic mass is 35.5. The lowest BCUT2D eigenvalue weighted by Crippen LogP contribution is -2.08. The number of rotatable bonds is 6. The molecule has 0 unspecified atom stereocenters. The monoisotopic (exact) mass is 368 g/mol. The molecule has 0 aromatic heterocycles. The van der Waals surface area contributed by atoms with Gasteiger partial charge in [0.25, 0.3) is 0 Å². The molecule has 0 saturated heterocycles. The fourth-order valence-corrected chi connectivity index (χ4v) is 2.43. The summed E-state index contributed by atoms with van der Waals surface area (Å²) in [6, 6.07) is 21.2. The summed E-state index contributed by atoms with van der Waals surface area (Å²) in [6.45, 7) is 0.368. The van der Waals surface area contributed by atoms with Crippen molar-refractivity contribution in [1.82, 2.24) is 0 Å². The van der Waals surface area contributed by atoms with E-state index >= 15 is 0 Å². The fraction of sp³-hybridized carbons (Fsp3) is 0.0952. The average molecular weight is 369 g/mol. The van der Waals surface area contributed by atoms with Crippen LogP contribution in [0.4, 0.5) is 0 Å². The van der Waals surface area contributed by atoms with Gasteiger partial charge in [-0.3, -0.25) is 0 Å². The van der Waals surface area contributed by atoms with Gasteiger partial charge in [0.1, 0.15) is 12.4 Å². The maximum absolute atomic E-state index is 12.2. The van der Waals surface area contributed by atoms with Crippen molar-refractivity contribution in [2.45, 2.75) is 6.61 Å². The molecule has 0 saturated carbocycles. The summed E-state index contributed by atoms with van der Waals surface area (Å²) in [6.07, 6.45) is 0. The molecule has 5 heteroatoms. The Morgan fingerprint density at radius 2 is 1.54 bits per heavy atom. The van der Waals surface area contributed by atoms with Crippen molar-refractivity contribution in [2.75, 3.05) is 7.11 Å². The van der Waals surface area contributed by atoms with Crippen LogP contribution in [0.5, 0.6) is 17.2 Å². The molecule has 26 heavy (non-hydrogen) atoms. The van der Waals surface area contributed by atoms with Crippen molar-refractivity contribution in [3.63, 3.8) is 0 Å². The van der Waals surface area contributed by atoms with Crippen molar-refractivity contribution in [3.8, 4) is 17.2 Å². The predicted molar refractivity (Wildman–Crippen MR) is 100 cm³/mol. The van der Waals surface area contributed by atoms with E-state index in [0.29, 0.717) is 34.4 Å². The van der Waals surface area contributed by atoms with Crippen molar-refractivity contribution in [3.05, 3.63) is 88.9 Å². The van der Waals surface area contributed by atoms with Crippen LogP contribution in [-0.4, -0.2) is 13.1 Å². The minimum absolute atomic E-state index is 0.368. The number of esters is 1. The molecule has 0 spiro atoms. The molecule has 3 aromatic rings. The summed E-state index contributed by atoms with van der Waals surface area (Å²) >= 11 is 5.82. The first kappa shape index (κ1) is 17.8. The largest absolute Gasteiger partial charge is 0.493 e. The first-order valence-electron chi connectivity index (χ1n) is 7.98. The third-order valence-corrected chi connectivity index (χ3v) is 3.93. The molecule has 0 N–H and O–H groups in total. The maximum Gasteiger partial charge on any atom is 0.343 e. The third kappa shape index (κ3) is 4.55. The Labute approximate surface area is 156 Å². The minimum Gasteiger partial charge on any atom is -0.493 e. The Morgan fingerprint density at radius 1 is 0.885 bits per heavy atom. The molecule has 132 valence electrons. The highest BCUT2D eigenvalue weighted by Gasteiger charge is 2.09. The van der Waals surface area contributed by atoms with Crippen LogP contribution in [0, 0.1) is 0 Å². The molecule has 0 aliphatic carbocycles. The van der Waals surface area contributed by atoms with Crippen LogP contribution in [0.3, 0.4) is 0 Å². The Bertz CT molecular complexity index is 873. The van der Waals surface area contributed by atoms with Gasteiger partial charge in [-0.25, -0.2) is 4.79 Å². The lowest BCUT2D eigenvalue weighted by atomic mass is 10.1. The smallest absolute Gasteiger partial charge is 0.343 e. The summed E-state index contributed by atoms with van der Waals surface area (Å²) in [5, 5.41) is 0.587. The number of methoxy groups -OCH3 is 1. The fourth-order valence-electron chi connectivity index (χ4n) is 2.30. The average Bonchev–Trinajstić information content (AvgIpc) is 2.68. The highest BCUT2D eigenvalue weighted by molar-refractivity contribution is 6.30. The van der Waals surface area contributed by atoms with E-state index in [4.69, 9.17) is 25.8 Å². The van der Waals surface area contributed by atoms with Crippen molar-refractivity contribution < 1.29 is 19.0 Å². The second kappa shape index (κ2) is 8.41. The third-order valence-electron chi connectivity index (χ3n) is 3.68. The molecule has 0 radical (unpaired) electrons. The number of hydrogen-bond donors (Lipinski definition) is 0. The van der Waals surface area contributed by atoms with Crippen LogP contribution in [0.25, 0.3) is 0 Å². The van der Waals surface area contributed by atoms with Gasteiger partial charge in [0, 0.05) is 5.02 Å². The van der Waals surface area contributed by atoms with Crippen molar-refractivity contribution in [2.24, 2.45) is 0 Å². The maximum atomic E-state index is 12.2. The van der Waals surface area contributed by atoms with E-state index in [1.807, 2.05) is 36.4 Å². The molecule has 3 aromatic carbocycles. The van der Waals surface area contributed by atoms with E-state index in [-0.39, 0.29) is 0 Å². The van der Waals surface area contributed by atoms with Gasteiger partial charge >= 0.3 is 5.97 Å². The van der Waals surface area contributed by atoms with E-state index < -0.39 is 5.97 Å². The van der Waals surface area contributed by atoms with E-state index in [1.54, 1.807) is 43.5 Å². The Morgan fingerprint density at radius 3 is 2.19 bits per heavy atom. The van der Waals surface area contributed by atoms with Gasteiger partial charge in [-0.2, -0.15) is 0 Å². The molecule has 0 aliphatic rings. The number of hydrogen-bond acceptors (Lipinski definition) is 4. The van der Waals surface area contributed by atoms with Gasteiger partial charge in [0.15, 0.2) is 11.5 Å². The zero-order valence-corrected chi connectivity index (χ0v) is 14.9. The Balaban J connectivity index is 1.61. The number of carbonyl (C=O) groups is 1. The van der Waals surface area contributed by atoms with Crippen LogP contribution in [-0.2, 0) is 6.61 Å². The standard InChI is InChI=1S/C21H17ClO4/c1-24-19-4-2-3-5-20(19)25-14-15-6-8-16(9-7-15)21(23)26-18-12-10-17(22)11-13-18/h2-13H,14H2,1H3. The molecular weight excluding hydrogens is 352 g/mol. The van der Waals surface area contributed by atoms with Gasteiger partial charge in [-0.15, -0.1) is 0 Å². The Hall–Kier alpha value is -2.98. The summed E-state index contributed by atoms with van der Waals surface area (Å²) < 4.78 is 16.3. The Kier molecular flexibility index (Phi) is 5.77. The molecule has 3 rings (SSSR count). The van der Waals surface area contributed by atoms with E-state index in [2.05, 4.69) is 0 Å². The van der Waals surface area contributed by atoms with Crippen LogP contribution in [0.1, 0.15) is 15.9 Å². The summed E-state index contributed by atoms with van der Waals surface area (Å²) in [5.41, 5.74) is 1.39. The highest BCUT2D eigenvalue weighted by Crippen LogP contribution is 2.26. The molecule has 0 atom stereocenters. The van der Waals surface area contributed by atoms with Gasteiger partial charge in [0.05, 0.1) is 12.7 Å². The predicted octanol–water partition coefficient (Wildman–Crippen LogP) is 5.15. The first-order valence-corrected chi connectivity index (χ1v) is 8.36. The van der Waals surface area contributed by atoms with Gasteiger partial charge in [-0.1, -0.05) is 35.9 Å². The van der Waals surface area contributed by atoms with E-state index in [9.17, 15) is 4.79 Å². The van der Waals surface area contributed by atoms with Gasteiger partial charge in [0.2, 0.25) is 0 Å². The summed E-state index contributed by atoms with van der Waals surface area (Å²) in [7, 11) is 1.60. The second-order valence-corrected chi connectivity index (χ2v) is 5.92. The number of halogens is 1. The summed E-state index contributed by atoms with van der Waals surface area (Å²) in [4.78, 5) is 12.2. The number of ether oxygens (including phenoxy) is 3. The zero-order valence-electron chi connectivity index (χ0n) is 14.1. The molecule has 0 heterocycles. The SMILES string of the molecule is COc1ccccc1OCc1ccc(C(=O)Oc2ccc(Cl)cc2)cc1. The first-order chi connectivity index (χ1) is 12.7. The molecule has 0 amide bonds. The van der Waals surface area contributed by atoms with Crippen LogP contribution < -0.4 is 14.2 Å². The molecule has 0 bridgehead atoms. The number of benzene rings is 3. The zero-order chi connectivity index (χ0) is 18.4. The number of para-hydroxylation sites is 2. The molecular formula is C21H17ClO4. The normalized spacial score (nSPS) is 10.2.